The molecule has 5 heteroatoms. The Balaban J connectivity index is 1.67. The molecular formula is C20H27N3O2. The molecule has 0 spiro atoms. The lowest BCUT2D eigenvalue weighted by Gasteiger charge is -2.13. The van der Waals surface area contributed by atoms with Crippen LogP contribution in [0.2, 0.25) is 0 Å². The van der Waals surface area contributed by atoms with Crippen molar-refractivity contribution in [2.24, 2.45) is 0 Å². The molecule has 5 nitrogen and oxygen atoms in total. The number of nitrogens with one attached hydrogen (secondary N) is 2. The molecule has 0 aliphatic heterocycles. The van der Waals surface area contributed by atoms with E-state index < -0.39 is 0 Å². The maximum atomic E-state index is 11.9. The van der Waals surface area contributed by atoms with Crippen LogP contribution in [-0.4, -0.2) is 31.8 Å². The van der Waals surface area contributed by atoms with Crippen LogP contribution in [0.1, 0.15) is 23.1 Å². The number of nitrogens with zero attached hydrogens (tertiary/aromatic N) is 1. The van der Waals surface area contributed by atoms with Crippen LogP contribution < -0.4 is 15.5 Å². The van der Waals surface area contributed by atoms with Gasteiger partial charge in [-0.25, -0.2) is 4.79 Å². The van der Waals surface area contributed by atoms with Gasteiger partial charge in [-0.05, 0) is 41.7 Å². The van der Waals surface area contributed by atoms with Crippen LogP contribution in [0, 0.1) is 0 Å². The monoisotopic (exact) mass is 341 g/mol. The summed E-state index contributed by atoms with van der Waals surface area (Å²) in [5.41, 5.74) is 4.22. The fourth-order valence-corrected chi connectivity index (χ4v) is 2.58. The van der Waals surface area contributed by atoms with Crippen molar-refractivity contribution < 1.29 is 9.90 Å². The van der Waals surface area contributed by atoms with Crippen molar-refractivity contribution in [2.75, 3.05) is 25.5 Å². The average molecular weight is 341 g/mol. The second-order valence-corrected chi connectivity index (χ2v) is 6.20. The first-order valence-corrected chi connectivity index (χ1v) is 8.55. The molecule has 2 aromatic carbocycles. The molecule has 2 aromatic rings. The van der Waals surface area contributed by atoms with Gasteiger partial charge in [0, 0.05) is 32.9 Å². The lowest BCUT2D eigenvalue weighted by Crippen LogP contribution is -2.35. The standard InChI is InChI=1S/C20H27N3O2/c1-23(2)19-11-9-16(10-12-19)6-5-13-21-20(25)22-14-17-7-3-4-8-18(17)15-24/h3-4,7-12,24H,5-6,13-15H2,1-2H3,(H2,21,22,25). The highest BCUT2D eigenvalue weighted by atomic mass is 16.3. The predicted octanol–water partition coefficient (Wildman–Crippen LogP) is 2.68. The summed E-state index contributed by atoms with van der Waals surface area (Å²) in [6, 6.07) is 15.8. The molecule has 0 fully saturated rings. The number of hydrogen-bond acceptors (Lipinski definition) is 3. The van der Waals surface area contributed by atoms with Crippen molar-refractivity contribution in [1.29, 1.82) is 0 Å². The fourth-order valence-electron chi connectivity index (χ4n) is 2.58. The number of anilines is 1. The summed E-state index contributed by atoms with van der Waals surface area (Å²) in [7, 11) is 4.05. The van der Waals surface area contributed by atoms with E-state index in [2.05, 4.69) is 39.8 Å². The van der Waals surface area contributed by atoms with Crippen molar-refractivity contribution in [3.8, 4) is 0 Å². The molecule has 25 heavy (non-hydrogen) atoms. The molecule has 134 valence electrons. The molecule has 0 aliphatic carbocycles. The number of aryl methyl sites for hydroxylation is 1. The van der Waals surface area contributed by atoms with Gasteiger partial charge in [0.15, 0.2) is 0 Å². The molecule has 0 unspecified atom stereocenters. The number of urea groups is 1. The summed E-state index contributed by atoms with van der Waals surface area (Å²) < 4.78 is 0. The molecule has 0 heterocycles. The molecule has 0 radical (unpaired) electrons. The summed E-state index contributed by atoms with van der Waals surface area (Å²) in [5, 5.41) is 15.0. The molecule has 0 atom stereocenters. The number of rotatable bonds is 8. The van der Waals surface area contributed by atoms with E-state index in [1.54, 1.807) is 0 Å². The van der Waals surface area contributed by atoms with Crippen LogP contribution >= 0.6 is 0 Å². The quantitative estimate of drug-likeness (QED) is 0.647. The molecule has 0 bridgehead atoms. The van der Waals surface area contributed by atoms with Crippen molar-refractivity contribution >= 4 is 11.7 Å². The van der Waals surface area contributed by atoms with Crippen LogP contribution in [0.4, 0.5) is 10.5 Å². The van der Waals surface area contributed by atoms with Gasteiger partial charge in [0.2, 0.25) is 0 Å². The average Bonchev–Trinajstić information content (AvgIpc) is 2.64. The zero-order chi connectivity index (χ0) is 18.1. The topological polar surface area (TPSA) is 64.6 Å². The minimum Gasteiger partial charge on any atom is -0.392 e. The molecule has 3 N–H and O–H groups in total. The van der Waals surface area contributed by atoms with Crippen LogP contribution in [-0.2, 0) is 19.6 Å². The zero-order valence-electron chi connectivity index (χ0n) is 15.0. The Labute approximate surface area is 149 Å². The van der Waals surface area contributed by atoms with E-state index in [0.717, 1.165) is 24.0 Å². The number of aliphatic hydroxyl groups excluding tert-OH is 1. The van der Waals surface area contributed by atoms with Crippen LogP contribution in [0.25, 0.3) is 0 Å². The van der Waals surface area contributed by atoms with Gasteiger partial charge in [0.25, 0.3) is 0 Å². The normalized spacial score (nSPS) is 10.4. The van der Waals surface area contributed by atoms with E-state index in [1.165, 1.54) is 11.3 Å². The van der Waals surface area contributed by atoms with Gasteiger partial charge in [0.1, 0.15) is 0 Å². The minimum absolute atomic E-state index is 0.0217. The highest BCUT2D eigenvalue weighted by Gasteiger charge is 2.04. The summed E-state index contributed by atoms with van der Waals surface area (Å²) in [6.07, 6.45) is 1.82. The van der Waals surface area contributed by atoms with Crippen molar-refractivity contribution in [2.45, 2.75) is 26.0 Å². The van der Waals surface area contributed by atoms with Gasteiger partial charge >= 0.3 is 6.03 Å². The third-order valence-corrected chi connectivity index (χ3v) is 4.11. The number of carbonyl (C=O) groups excluding carboxylic acids is 1. The Morgan fingerprint density at radius 3 is 2.32 bits per heavy atom. The van der Waals surface area contributed by atoms with E-state index in [1.807, 2.05) is 38.4 Å². The first-order chi connectivity index (χ1) is 12.1. The van der Waals surface area contributed by atoms with Crippen molar-refractivity contribution in [1.82, 2.24) is 10.6 Å². The van der Waals surface area contributed by atoms with Crippen LogP contribution in [0.5, 0.6) is 0 Å². The van der Waals surface area contributed by atoms with E-state index >= 15 is 0 Å². The predicted molar refractivity (Wildman–Crippen MR) is 102 cm³/mol. The number of aliphatic hydroxyl groups is 1. The highest BCUT2D eigenvalue weighted by Crippen LogP contribution is 2.13. The maximum Gasteiger partial charge on any atom is 0.315 e. The molecule has 0 saturated heterocycles. The smallest absolute Gasteiger partial charge is 0.315 e. The third kappa shape index (κ3) is 6.12. The number of hydrogen-bond donors (Lipinski definition) is 3. The minimum atomic E-state index is -0.185. The van der Waals surface area contributed by atoms with Crippen molar-refractivity contribution in [3.63, 3.8) is 0 Å². The molecular weight excluding hydrogens is 314 g/mol. The van der Waals surface area contributed by atoms with Gasteiger partial charge in [-0.1, -0.05) is 36.4 Å². The zero-order valence-corrected chi connectivity index (χ0v) is 15.0. The largest absolute Gasteiger partial charge is 0.392 e. The summed E-state index contributed by atoms with van der Waals surface area (Å²) >= 11 is 0. The first-order valence-electron chi connectivity index (χ1n) is 8.55. The van der Waals surface area contributed by atoms with Crippen LogP contribution in [0.3, 0.4) is 0 Å². The van der Waals surface area contributed by atoms with E-state index in [9.17, 15) is 9.90 Å². The SMILES string of the molecule is CN(C)c1ccc(CCCNC(=O)NCc2ccccc2CO)cc1. The van der Waals surface area contributed by atoms with Gasteiger partial charge in [-0.2, -0.15) is 0 Å². The second-order valence-electron chi connectivity index (χ2n) is 6.20. The van der Waals surface area contributed by atoms with Gasteiger partial charge < -0.3 is 20.6 Å². The highest BCUT2D eigenvalue weighted by molar-refractivity contribution is 5.73. The second kappa shape index (κ2) is 9.69. The summed E-state index contributed by atoms with van der Waals surface area (Å²) in [6.45, 7) is 1.02. The van der Waals surface area contributed by atoms with Crippen molar-refractivity contribution in [3.05, 3.63) is 65.2 Å². The molecule has 0 aromatic heterocycles. The van der Waals surface area contributed by atoms with Gasteiger partial charge in [-0.15, -0.1) is 0 Å². The summed E-state index contributed by atoms with van der Waals surface area (Å²) in [5.74, 6) is 0. The van der Waals surface area contributed by atoms with Crippen LogP contribution in [0.15, 0.2) is 48.5 Å². The Morgan fingerprint density at radius 1 is 1.00 bits per heavy atom. The van der Waals surface area contributed by atoms with E-state index in [4.69, 9.17) is 0 Å². The third-order valence-electron chi connectivity index (χ3n) is 4.11. The van der Waals surface area contributed by atoms with Gasteiger partial charge in [-0.3, -0.25) is 0 Å². The molecule has 0 aliphatic rings. The Bertz CT molecular complexity index is 669. The number of carbonyl (C=O) groups is 1. The van der Waals surface area contributed by atoms with Gasteiger partial charge in [0.05, 0.1) is 6.61 Å². The first kappa shape index (κ1) is 18.8. The fraction of sp³-hybridized carbons (Fsp3) is 0.350. The number of amides is 2. The molecule has 0 saturated carbocycles. The molecule has 2 amide bonds. The lowest BCUT2D eigenvalue weighted by molar-refractivity contribution is 0.240. The lowest BCUT2D eigenvalue weighted by atomic mass is 10.1. The van der Waals surface area contributed by atoms with E-state index in [0.29, 0.717) is 13.1 Å². The maximum absolute atomic E-state index is 11.9. The number of benzene rings is 2. The Kier molecular flexibility index (Phi) is 7.29. The van der Waals surface area contributed by atoms with E-state index in [-0.39, 0.29) is 12.6 Å². The Hall–Kier alpha value is -2.53. The molecule has 2 rings (SSSR count). The Morgan fingerprint density at radius 2 is 1.68 bits per heavy atom. The summed E-state index contributed by atoms with van der Waals surface area (Å²) in [4.78, 5) is 13.9.